The van der Waals surface area contributed by atoms with Gasteiger partial charge >= 0.3 is 0 Å². The highest BCUT2D eigenvalue weighted by Gasteiger charge is 2.07. The molecule has 0 saturated heterocycles. The van der Waals surface area contributed by atoms with Crippen LogP contribution in [0.15, 0.2) is 46.9 Å². The molecule has 0 amide bonds. The average molecular weight is 317 g/mol. The monoisotopic (exact) mass is 316 g/mol. The minimum atomic E-state index is -0.0367. The standard InChI is InChI=1S/C15H13BrN2O/c1-10(18)14-6-5-13(8-15(14)16)19-12-4-2-3-11(7-12)9-17/h2-8,10H,18H2,1H3/t10-/m1/s1. The van der Waals surface area contributed by atoms with Crippen molar-refractivity contribution in [2.24, 2.45) is 5.73 Å². The van der Waals surface area contributed by atoms with E-state index in [-0.39, 0.29) is 6.04 Å². The van der Waals surface area contributed by atoms with E-state index in [2.05, 4.69) is 22.0 Å². The van der Waals surface area contributed by atoms with Crippen LogP contribution in [-0.2, 0) is 0 Å². The van der Waals surface area contributed by atoms with E-state index in [1.165, 1.54) is 0 Å². The predicted octanol–water partition coefficient (Wildman–Crippen LogP) is 4.13. The van der Waals surface area contributed by atoms with E-state index in [0.29, 0.717) is 17.1 Å². The van der Waals surface area contributed by atoms with E-state index in [1.807, 2.05) is 31.2 Å². The van der Waals surface area contributed by atoms with Crippen molar-refractivity contribution in [1.82, 2.24) is 0 Å². The van der Waals surface area contributed by atoms with E-state index in [1.54, 1.807) is 18.2 Å². The van der Waals surface area contributed by atoms with Gasteiger partial charge in [-0.25, -0.2) is 0 Å². The minimum Gasteiger partial charge on any atom is -0.457 e. The molecule has 0 aliphatic carbocycles. The molecule has 2 rings (SSSR count). The summed E-state index contributed by atoms with van der Waals surface area (Å²) in [6, 6.07) is 14.8. The van der Waals surface area contributed by atoms with Gasteiger partial charge in [0.1, 0.15) is 11.5 Å². The van der Waals surface area contributed by atoms with Crippen LogP contribution in [-0.4, -0.2) is 0 Å². The predicted molar refractivity (Wildman–Crippen MR) is 78.0 cm³/mol. The summed E-state index contributed by atoms with van der Waals surface area (Å²) in [5.41, 5.74) is 7.45. The number of nitriles is 1. The number of halogens is 1. The fraction of sp³-hybridized carbons (Fsp3) is 0.133. The van der Waals surface area contributed by atoms with Crippen LogP contribution in [0.3, 0.4) is 0 Å². The molecule has 0 saturated carbocycles. The lowest BCUT2D eigenvalue weighted by Crippen LogP contribution is -2.05. The third-order valence-corrected chi connectivity index (χ3v) is 3.35. The molecular weight excluding hydrogens is 304 g/mol. The molecule has 0 radical (unpaired) electrons. The minimum absolute atomic E-state index is 0.0367. The van der Waals surface area contributed by atoms with E-state index in [9.17, 15) is 0 Å². The molecular formula is C15H13BrN2O. The number of ether oxygens (including phenoxy) is 1. The molecule has 0 bridgehead atoms. The highest BCUT2D eigenvalue weighted by Crippen LogP contribution is 2.29. The van der Waals surface area contributed by atoms with E-state index >= 15 is 0 Å². The number of nitrogens with two attached hydrogens (primary N) is 1. The first-order chi connectivity index (χ1) is 9.10. The Morgan fingerprint density at radius 2 is 1.95 bits per heavy atom. The summed E-state index contributed by atoms with van der Waals surface area (Å²) >= 11 is 3.48. The summed E-state index contributed by atoms with van der Waals surface area (Å²) in [7, 11) is 0. The lowest BCUT2D eigenvalue weighted by Gasteiger charge is -2.11. The highest BCUT2D eigenvalue weighted by molar-refractivity contribution is 9.10. The lowest BCUT2D eigenvalue weighted by atomic mass is 10.1. The van der Waals surface area contributed by atoms with Gasteiger partial charge in [-0.3, -0.25) is 0 Å². The Kier molecular flexibility index (Phi) is 4.20. The van der Waals surface area contributed by atoms with Gasteiger partial charge in [0.05, 0.1) is 11.6 Å². The van der Waals surface area contributed by atoms with Gasteiger partial charge in [0.2, 0.25) is 0 Å². The molecule has 4 heteroatoms. The Balaban J connectivity index is 2.24. The third-order valence-electron chi connectivity index (χ3n) is 2.66. The molecule has 0 aromatic heterocycles. The second kappa shape index (κ2) is 5.87. The van der Waals surface area contributed by atoms with Crippen LogP contribution in [0.1, 0.15) is 24.1 Å². The van der Waals surface area contributed by atoms with Crippen molar-refractivity contribution in [2.45, 2.75) is 13.0 Å². The number of hydrogen-bond donors (Lipinski definition) is 1. The third kappa shape index (κ3) is 3.34. The van der Waals surface area contributed by atoms with Gasteiger partial charge in [-0.05, 0) is 42.8 Å². The first-order valence-corrected chi connectivity index (χ1v) is 6.62. The van der Waals surface area contributed by atoms with Gasteiger partial charge in [-0.15, -0.1) is 0 Å². The van der Waals surface area contributed by atoms with Gasteiger partial charge < -0.3 is 10.5 Å². The fourth-order valence-electron chi connectivity index (χ4n) is 1.71. The van der Waals surface area contributed by atoms with Crippen molar-refractivity contribution in [3.8, 4) is 17.6 Å². The normalized spacial score (nSPS) is 11.7. The zero-order chi connectivity index (χ0) is 13.8. The molecule has 2 aromatic carbocycles. The van der Waals surface area contributed by atoms with Gasteiger partial charge in [-0.2, -0.15) is 5.26 Å². The van der Waals surface area contributed by atoms with Gasteiger partial charge in [0.15, 0.2) is 0 Å². The van der Waals surface area contributed by atoms with Crippen LogP contribution < -0.4 is 10.5 Å². The van der Waals surface area contributed by atoms with Crippen LogP contribution in [0.5, 0.6) is 11.5 Å². The van der Waals surface area contributed by atoms with Crippen molar-refractivity contribution < 1.29 is 4.74 Å². The lowest BCUT2D eigenvalue weighted by molar-refractivity contribution is 0.481. The maximum Gasteiger partial charge on any atom is 0.128 e. The molecule has 2 aromatic rings. The second-order valence-electron chi connectivity index (χ2n) is 4.21. The van der Waals surface area contributed by atoms with E-state index in [0.717, 1.165) is 10.0 Å². The van der Waals surface area contributed by atoms with Crippen LogP contribution >= 0.6 is 15.9 Å². The maximum absolute atomic E-state index is 8.84. The Hall–Kier alpha value is -1.83. The van der Waals surface area contributed by atoms with Gasteiger partial charge in [0.25, 0.3) is 0 Å². The molecule has 0 heterocycles. The number of nitrogens with zero attached hydrogens (tertiary/aromatic N) is 1. The van der Waals surface area contributed by atoms with E-state index in [4.69, 9.17) is 15.7 Å². The Bertz CT molecular complexity index is 632. The summed E-state index contributed by atoms with van der Waals surface area (Å²) in [5.74, 6) is 1.34. The van der Waals surface area contributed by atoms with Crippen molar-refractivity contribution in [2.75, 3.05) is 0 Å². The van der Waals surface area contributed by atoms with Crippen LogP contribution in [0, 0.1) is 11.3 Å². The Labute approximate surface area is 120 Å². The van der Waals surface area contributed by atoms with Gasteiger partial charge in [-0.1, -0.05) is 28.1 Å². The smallest absolute Gasteiger partial charge is 0.128 e. The topological polar surface area (TPSA) is 59.0 Å². The molecule has 0 aliphatic heterocycles. The van der Waals surface area contributed by atoms with Crippen LogP contribution in [0.2, 0.25) is 0 Å². The quantitative estimate of drug-likeness (QED) is 0.926. The molecule has 96 valence electrons. The van der Waals surface area contributed by atoms with Crippen LogP contribution in [0.4, 0.5) is 0 Å². The zero-order valence-corrected chi connectivity index (χ0v) is 12.0. The van der Waals surface area contributed by atoms with Crippen LogP contribution in [0.25, 0.3) is 0 Å². The number of benzene rings is 2. The summed E-state index contributed by atoms with van der Waals surface area (Å²) < 4.78 is 6.63. The molecule has 0 fully saturated rings. The van der Waals surface area contributed by atoms with Crippen molar-refractivity contribution in [1.29, 1.82) is 5.26 Å². The highest BCUT2D eigenvalue weighted by atomic mass is 79.9. The summed E-state index contributed by atoms with van der Waals surface area (Å²) in [6.45, 7) is 1.93. The molecule has 0 aliphatic rings. The van der Waals surface area contributed by atoms with Gasteiger partial charge in [0, 0.05) is 10.5 Å². The van der Waals surface area contributed by atoms with Crippen molar-refractivity contribution in [3.05, 3.63) is 58.1 Å². The number of rotatable bonds is 3. The largest absolute Gasteiger partial charge is 0.457 e. The Morgan fingerprint density at radius 1 is 1.21 bits per heavy atom. The molecule has 0 unspecified atom stereocenters. The van der Waals surface area contributed by atoms with Crippen molar-refractivity contribution in [3.63, 3.8) is 0 Å². The van der Waals surface area contributed by atoms with E-state index < -0.39 is 0 Å². The number of hydrogen-bond acceptors (Lipinski definition) is 3. The molecule has 2 N–H and O–H groups in total. The maximum atomic E-state index is 8.84. The summed E-state index contributed by atoms with van der Waals surface area (Å²) in [5, 5.41) is 8.84. The molecule has 0 spiro atoms. The molecule has 1 atom stereocenters. The summed E-state index contributed by atoms with van der Waals surface area (Å²) in [6.07, 6.45) is 0. The zero-order valence-electron chi connectivity index (χ0n) is 10.4. The summed E-state index contributed by atoms with van der Waals surface area (Å²) in [4.78, 5) is 0. The Morgan fingerprint density at radius 3 is 2.58 bits per heavy atom. The average Bonchev–Trinajstić information content (AvgIpc) is 2.38. The van der Waals surface area contributed by atoms with Crippen molar-refractivity contribution >= 4 is 15.9 Å². The molecule has 19 heavy (non-hydrogen) atoms. The fourth-order valence-corrected chi connectivity index (χ4v) is 2.42. The second-order valence-corrected chi connectivity index (χ2v) is 5.07. The SMILES string of the molecule is C[C@@H](N)c1ccc(Oc2cccc(C#N)c2)cc1Br. The first kappa shape index (κ1) is 13.6. The first-order valence-electron chi connectivity index (χ1n) is 5.83. The molecule has 3 nitrogen and oxygen atoms in total.